The molecule has 34 heavy (non-hydrogen) atoms. The maximum atomic E-state index is 12.9. The van der Waals surface area contributed by atoms with E-state index in [1.807, 2.05) is 48.7 Å². The van der Waals surface area contributed by atoms with Gasteiger partial charge in [-0.1, -0.05) is 36.4 Å². The van der Waals surface area contributed by atoms with Crippen LogP contribution in [0, 0.1) is 12.8 Å². The van der Waals surface area contributed by atoms with Crippen LogP contribution in [-0.2, 0) is 9.59 Å². The van der Waals surface area contributed by atoms with Crippen LogP contribution >= 0.6 is 22.7 Å². The molecule has 1 atom stereocenters. The summed E-state index contributed by atoms with van der Waals surface area (Å²) in [5.74, 6) is -0.656. The van der Waals surface area contributed by atoms with Crippen LogP contribution in [0.25, 0.3) is 32.2 Å². The van der Waals surface area contributed by atoms with Crippen LogP contribution in [0.3, 0.4) is 0 Å². The van der Waals surface area contributed by atoms with Gasteiger partial charge in [-0.3, -0.25) is 9.59 Å². The molecule has 6 nitrogen and oxygen atoms in total. The molecule has 0 aliphatic carbocycles. The van der Waals surface area contributed by atoms with Crippen molar-refractivity contribution in [1.29, 1.82) is 0 Å². The molecular weight excluding hydrogens is 464 g/mol. The summed E-state index contributed by atoms with van der Waals surface area (Å²) in [4.78, 5) is 36.4. The van der Waals surface area contributed by atoms with Gasteiger partial charge < -0.3 is 10.2 Å². The predicted octanol–water partition coefficient (Wildman–Crippen LogP) is 5.87. The fraction of sp³-hybridized carbons (Fsp3) is 0.154. The monoisotopic (exact) mass is 484 g/mol. The summed E-state index contributed by atoms with van der Waals surface area (Å²) in [7, 11) is 0. The number of carbonyl (C=O) groups excluding carboxylic acids is 2. The van der Waals surface area contributed by atoms with Crippen molar-refractivity contribution in [1.82, 2.24) is 9.97 Å². The van der Waals surface area contributed by atoms with Crippen molar-refractivity contribution in [3.63, 3.8) is 0 Å². The smallest absolute Gasteiger partial charge is 0.231 e. The van der Waals surface area contributed by atoms with Crippen molar-refractivity contribution in [3.8, 4) is 11.3 Å². The Morgan fingerprint density at radius 3 is 2.79 bits per heavy atom. The Morgan fingerprint density at radius 1 is 1.06 bits per heavy atom. The lowest BCUT2D eigenvalue weighted by atomic mass is 10.1. The molecular formula is C26H20N4O2S2. The lowest BCUT2D eigenvalue weighted by Gasteiger charge is -2.16. The molecule has 2 amide bonds. The third-order valence-corrected chi connectivity index (χ3v) is 7.77. The maximum absolute atomic E-state index is 12.9. The van der Waals surface area contributed by atoms with Gasteiger partial charge in [-0.2, -0.15) is 0 Å². The van der Waals surface area contributed by atoms with Gasteiger partial charge in [0.05, 0.1) is 26.8 Å². The van der Waals surface area contributed by atoms with Gasteiger partial charge in [-0.25, -0.2) is 9.97 Å². The van der Waals surface area contributed by atoms with E-state index in [1.54, 1.807) is 16.2 Å². The normalized spacial score (nSPS) is 16.0. The predicted molar refractivity (Wildman–Crippen MR) is 139 cm³/mol. The van der Waals surface area contributed by atoms with Crippen LogP contribution in [0.15, 0.2) is 66.0 Å². The van der Waals surface area contributed by atoms with Gasteiger partial charge in [0, 0.05) is 29.6 Å². The zero-order valence-corrected chi connectivity index (χ0v) is 20.0. The highest BCUT2D eigenvalue weighted by atomic mass is 32.1. The van der Waals surface area contributed by atoms with Gasteiger partial charge in [-0.15, -0.1) is 22.7 Å². The number of carbonyl (C=O) groups is 2. The Morgan fingerprint density at radius 2 is 1.91 bits per heavy atom. The average molecular weight is 485 g/mol. The highest BCUT2D eigenvalue weighted by molar-refractivity contribution is 7.18. The molecule has 1 saturated heterocycles. The van der Waals surface area contributed by atoms with E-state index in [0.29, 0.717) is 11.7 Å². The maximum Gasteiger partial charge on any atom is 0.231 e. The molecule has 1 unspecified atom stereocenters. The Bertz CT molecular complexity index is 1570. The van der Waals surface area contributed by atoms with Crippen molar-refractivity contribution in [2.75, 3.05) is 16.8 Å². The zero-order chi connectivity index (χ0) is 23.2. The number of nitrogens with zero attached hydrogens (tertiary/aromatic N) is 3. The summed E-state index contributed by atoms with van der Waals surface area (Å²) in [6, 6.07) is 20.2. The molecule has 6 rings (SSSR count). The first-order valence-corrected chi connectivity index (χ1v) is 12.7. The number of amides is 2. The van der Waals surface area contributed by atoms with Crippen LogP contribution in [-0.4, -0.2) is 28.3 Å². The number of hydrogen-bond acceptors (Lipinski definition) is 6. The fourth-order valence-electron chi connectivity index (χ4n) is 4.35. The number of nitrogens with one attached hydrogen (secondary N) is 1. The zero-order valence-electron chi connectivity index (χ0n) is 18.3. The van der Waals surface area contributed by atoms with Gasteiger partial charge in [0.15, 0.2) is 5.13 Å². The molecule has 2 aromatic heterocycles. The first-order valence-electron chi connectivity index (χ1n) is 11.0. The van der Waals surface area contributed by atoms with Crippen LogP contribution in [0.2, 0.25) is 0 Å². The minimum absolute atomic E-state index is 0.0533. The molecule has 0 spiro atoms. The molecule has 1 aliphatic rings. The van der Waals surface area contributed by atoms with Crippen molar-refractivity contribution in [2.24, 2.45) is 5.92 Å². The van der Waals surface area contributed by atoms with E-state index < -0.39 is 5.92 Å². The van der Waals surface area contributed by atoms with E-state index in [1.165, 1.54) is 16.7 Å². The molecule has 1 fully saturated rings. The van der Waals surface area contributed by atoms with Crippen LogP contribution in [0.5, 0.6) is 0 Å². The minimum Gasteiger partial charge on any atom is -0.312 e. The summed E-state index contributed by atoms with van der Waals surface area (Å²) in [6.07, 6.45) is 0.183. The molecule has 0 bridgehead atoms. The summed E-state index contributed by atoms with van der Waals surface area (Å²) in [6.45, 7) is 2.32. The number of thiazole rings is 2. The fourth-order valence-corrected chi connectivity index (χ4v) is 5.88. The molecule has 8 heteroatoms. The Hall–Kier alpha value is -3.62. The van der Waals surface area contributed by atoms with Crippen molar-refractivity contribution < 1.29 is 9.59 Å². The van der Waals surface area contributed by atoms with Crippen LogP contribution in [0.4, 0.5) is 10.8 Å². The van der Waals surface area contributed by atoms with Gasteiger partial charge in [-0.05, 0) is 42.0 Å². The number of hydrogen-bond donors (Lipinski definition) is 1. The quantitative estimate of drug-likeness (QED) is 0.346. The molecule has 0 radical (unpaired) electrons. The molecule has 5 aromatic rings. The third-order valence-electron chi connectivity index (χ3n) is 6.07. The van der Waals surface area contributed by atoms with Gasteiger partial charge >= 0.3 is 0 Å². The Balaban J connectivity index is 1.16. The van der Waals surface area contributed by atoms with E-state index in [4.69, 9.17) is 0 Å². The topological polar surface area (TPSA) is 75.2 Å². The van der Waals surface area contributed by atoms with E-state index in [0.717, 1.165) is 37.6 Å². The highest BCUT2D eigenvalue weighted by Gasteiger charge is 2.35. The summed E-state index contributed by atoms with van der Waals surface area (Å²) < 4.78 is 1.09. The molecule has 3 heterocycles. The number of fused-ring (bicyclic) bond motifs is 2. The first kappa shape index (κ1) is 20.9. The third kappa shape index (κ3) is 3.85. The first-order chi connectivity index (χ1) is 16.5. The Labute approximate surface area is 203 Å². The largest absolute Gasteiger partial charge is 0.312 e. The van der Waals surface area contributed by atoms with Crippen molar-refractivity contribution in [3.05, 3.63) is 71.1 Å². The van der Waals surface area contributed by atoms with Crippen LogP contribution < -0.4 is 10.2 Å². The molecule has 0 saturated carbocycles. The number of anilines is 2. The second-order valence-electron chi connectivity index (χ2n) is 8.38. The summed E-state index contributed by atoms with van der Waals surface area (Å²) in [5, 5.41) is 8.71. The summed E-state index contributed by atoms with van der Waals surface area (Å²) in [5.41, 5.74) is 3.49. The Kier molecular flexibility index (Phi) is 5.12. The lowest BCUT2D eigenvalue weighted by Crippen LogP contribution is -2.28. The number of aromatic nitrogens is 2. The summed E-state index contributed by atoms with van der Waals surface area (Å²) >= 11 is 3.02. The highest BCUT2D eigenvalue weighted by Crippen LogP contribution is 2.32. The van der Waals surface area contributed by atoms with Crippen molar-refractivity contribution >= 4 is 66.3 Å². The van der Waals surface area contributed by atoms with Crippen molar-refractivity contribution in [2.45, 2.75) is 13.3 Å². The lowest BCUT2D eigenvalue weighted by molar-refractivity contribution is -0.122. The van der Waals surface area contributed by atoms with Gasteiger partial charge in [0.1, 0.15) is 0 Å². The van der Waals surface area contributed by atoms with E-state index >= 15 is 0 Å². The molecule has 1 aliphatic heterocycles. The van der Waals surface area contributed by atoms with Crippen LogP contribution in [0.1, 0.15) is 11.4 Å². The number of rotatable bonds is 4. The van der Waals surface area contributed by atoms with Gasteiger partial charge in [0.25, 0.3) is 0 Å². The second-order valence-corrected chi connectivity index (χ2v) is 10.5. The second kappa shape index (κ2) is 8.30. The van der Waals surface area contributed by atoms with E-state index in [9.17, 15) is 9.59 Å². The molecule has 168 valence electrons. The van der Waals surface area contributed by atoms with E-state index in [2.05, 4.69) is 39.6 Å². The number of benzene rings is 3. The van der Waals surface area contributed by atoms with E-state index in [-0.39, 0.29) is 18.2 Å². The SMILES string of the molecule is Cc1nc2cc(N3CC(C(=O)Nc4nc(-c5ccc6ccccc6c5)cs4)CC3=O)ccc2s1. The standard InChI is InChI=1S/C26H20N4O2S2/c1-15-27-21-12-20(8-9-23(21)34-15)30-13-19(11-24(30)31)25(32)29-26-28-22(14-33-26)18-7-6-16-4-2-3-5-17(16)10-18/h2-10,12,14,19H,11,13H2,1H3,(H,28,29,32). The molecule has 1 N–H and O–H groups in total. The average Bonchev–Trinajstić information content (AvgIpc) is 3.56. The number of aryl methyl sites for hydroxylation is 1. The minimum atomic E-state index is -0.423. The van der Waals surface area contributed by atoms with Gasteiger partial charge in [0.2, 0.25) is 11.8 Å². The molecule has 3 aromatic carbocycles.